The van der Waals surface area contributed by atoms with Crippen molar-refractivity contribution in [1.29, 1.82) is 0 Å². The maximum absolute atomic E-state index is 12.1. The van der Waals surface area contributed by atoms with E-state index in [1.54, 1.807) is 12.4 Å². The van der Waals surface area contributed by atoms with Crippen LogP contribution in [0.5, 0.6) is 0 Å². The molecule has 9 nitrogen and oxygen atoms in total. The van der Waals surface area contributed by atoms with Crippen LogP contribution < -0.4 is 10.2 Å². The summed E-state index contributed by atoms with van der Waals surface area (Å²) in [4.78, 5) is 32.5. The molecule has 31 heavy (non-hydrogen) atoms. The van der Waals surface area contributed by atoms with E-state index in [2.05, 4.69) is 36.9 Å². The molecule has 0 bridgehead atoms. The van der Waals surface area contributed by atoms with Crippen LogP contribution in [0.3, 0.4) is 0 Å². The van der Waals surface area contributed by atoms with Crippen molar-refractivity contribution < 1.29 is 9.53 Å². The second-order valence-electron chi connectivity index (χ2n) is 7.65. The fourth-order valence-corrected chi connectivity index (χ4v) is 3.97. The van der Waals surface area contributed by atoms with E-state index >= 15 is 0 Å². The predicted molar refractivity (Wildman–Crippen MR) is 133 cm³/mol. The monoisotopic (exact) mass is 545 g/mol. The van der Waals surface area contributed by atoms with E-state index in [4.69, 9.17) is 9.73 Å². The fourth-order valence-electron chi connectivity index (χ4n) is 3.97. The fraction of sp³-hybridized carbons (Fsp3) is 0.714. The van der Waals surface area contributed by atoms with Gasteiger partial charge < -0.3 is 19.9 Å². The molecule has 2 aliphatic rings. The van der Waals surface area contributed by atoms with E-state index in [-0.39, 0.29) is 35.9 Å². The number of piperidine rings is 1. The number of aliphatic imine (C=N–C) groups is 1. The minimum Gasteiger partial charge on any atom is -0.466 e. The first-order valence-corrected chi connectivity index (χ1v) is 11.2. The van der Waals surface area contributed by atoms with Crippen molar-refractivity contribution in [3.05, 3.63) is 18.5 Å². The predicted octanol–water partition coefficient (Wildman–Crippen LogP) is 1.46. The van der Waals surface area contributed by atoms with E-state index in [1.807, 2.05) is 13.0 Å². The van der Waals surface area contributed by atoms with Gasteiger partial charge >= 0.3 is 5.97 Å². The van der Waals surface area contributed by atoms with E-state index in [9.17, 15) is 4.79 Å². The molecule has 2 saturated heterocycles. The van der Waals surface area contributed by atoms with Gasteiger partial charge in [0.15, 0.2) is 5.96 Å². The molecule has 0 saturated carbocycles. The minimum absolute atomic E-state index is 0. The number of carbonyl (C=O) groups excluding carboxylic acids is 1. The highest BCUT2D eigenvalue weighted by molar-refractivity contribution is 14.0. The Hall–Kier alpha value is -1.69. The van der Waals surface area contributed by atoms with Crippen LogP contribution >= 0.6 is 24.0 Å². The maximum Gasteiger partial charge on any atom is 0.310 e. The van der Waals surface area contributed by atoms with E-state index in [0.717, 1.165) is 77.1 Å². The number of guanidine groups is 1. The molecule has 3 rings (SSSR count). The number of rotatable bonds is 7. The number of hydrogen-bond donors (Lipinski definition) is 1. The highest BCUT2D eigenvalue weighted by Crippen LogP contribution is 2.18. The van der Waals surface area contributed by atoms with Crippen LogP contribution in [0.1, 0.15) is 26.7 Å². The normalized spacial score (nSPS) is 20.2. The molecule has 0 aromatic carbocycles. The van der Waals surface area contributed by atoms with E-state index in [1.165, 1.54) is 0 Å². The lowest BCUT2D eigenvalue weighted by Gasteiger charge is -2.35. The van der Waals surface area contributed by atoms with Crippen molar-refractivity contribution in [2.45, 2.75) is 26.7 Å². The Morgan fingerprint density at radius 1 is 1.19 bits per heavy atom. The average molecular weight is 545 g/mol. The molecule has 3 heterocycles. The molecule has 0 aliphatic carbocycles. The number of anilines is 1. The molecule has 1 N–H and O–H groups in total. The number of aromatic nitrogens is 2. The van der Waals surface area contributed by atoms with Gasteiger partial charge in [-0.25, -0.2) is 9.97 Å². The van der Waals surface area contributed by atoms with Gasteiger partial charge in [0, 0.05) is 64.8 Å². The number of ether oxygens (including phenoxy) is 1. The molecule has 2 fully saturated rings. The van der Waals surface area contributed by atoms with Crippen LogP contribution in [0.15, 0.2) is 23.5 Å². The Kier molecular flexibility index (Phi) is 11.3. The Morgan fingerprint density at radius 3 is 2.61 bits per heavy atom. The molecule has 1 unspecified atom stereocenters. The van der Waals surface area contributed by atoms with Crippen LogP contribution in [0.4, 0.5) is 5.95 Å². The third-order valence-corrected chi connectivity index (χ3v) is 5.56. The molecule has 0 amide bonds. The quantitative estimate of drug-likeness (QED) is 0.239. The number of piperazine rings is 1. The smallest absolute Gasteiger partial charge is 0.310 e. The van der Waals surface area contributed by atoms with Crippen molar-refractivity contribution in [2.24, 2.45) is 10.9 Å². The summed E-state index contributed by atoms with van der Waals surface area (Å²) in [7, 11) is 0. The summed E-state index contributed by atoms with van der Waals surface area (Å²) >= 11 is 0. The molecule has 1 atom stereocenters. The Balaban J connectivity index is 0.00000341. The number of nitrogens with one attached hydrogen (secondary N) is 1. The zero-order valence-electron chi connectivity index (χ0n) is 18.7. The van der Waals surface area contributed by atoms with Gasteiger partial charge in [-0.2, -0.15) is 0 Å². The highest BCUT2D eigenvalue weighted by Gasteiger charge is 2.28. The van der Waals surface area contributed by atoms with Gasteiger partial charge in [-0.3, -0.25) is 14.7 Å². The highest BCUT2D eigenvalue weighted by atomic mass is 127. The van der Waals surface area contributed by atoms with Crippen molar-refractivity contribution in [3.8, 4) is 0 Å². The zero-order chi connectivity index (χ0) is 21.2. The summed E-state index contributed by atoms with van der Waals surface area (Å²) in [5.41, 5.74) is 0. The second kappa shape index (κ2) is 13.7. The van der Waals surface area contributed by atoms with Crippen LogP contribution in [0, 0.1) is 5.92 Å². The lowest BCUT2D eigenvalue weighted by atomic mass is 9.98. The van der Waals surface area contributed by atoms with Crippen molar-refractivity contribution >= 4 is 41.9 Å². The number of esters is 1. The first-order valence-electron chi connectivity index (χ1n) is 11.2. The molecule has 0 radical (unpaired) electrons. The number of likely N-dealkylation sites (tertiary alicyclic amines) is 1. The van der Waals surface area contributed by atoms with Crippen LogP contribution in [-0.4, -0.2) is 97.2 Å². The molecule has 174 valence electrons. The topological polar surface area (TPSA) is 86.2 Å². The molecule has 0 spiro atoms. The SMILES string of the molecule is CCNC(=NCCN1CCN(c2ncccn2)CC1)N1CCCC(C(=O)OCC)C1.I. The standard InChI is InChI=1S/C21H35N7O2.HI/c1-3-22-20(28-11-5-7-18(17-28)19(29)30-4-2)25-10-12-26-13-15-27(16-14-26)21-23-8-6-9-24-21;/h6,8-9,18H,3-5,7,10-17H2,1-2H3,(H,22,25);1H. The number of nitrogens with zero attached hydrogens (tertiary/aromatic N) is 6. The summed E-state index contributed by atoms with van der Waals surface area (Å²) in [5, 5.41) is 3.39. The van der Waals surface area contributed by atoms with Gasteiger partial charge in [0.2, 0.25) is 5.95 Å². The van der Waals surface area contributed by atoms with Crippen LogP contribution in [-0.2, 0) is 9.53 Å². The maximum atomic E-state index is 12.1. The summed E-state index contributed by atoms with van der Waals surface area (Å²) in [6.45, 7) is 12.3. The Morgan fingerprint density at radius 2 is 1.94 bits per heavy atom. The summed E-state index contributed by atoms with van der Waals surface area (Å²) in [6.07, 6.45) is 5.46. The third-order valence-electron chi connectivity index (χ3n) is 5.56. The molecular weight excluding hydrogens is 509 g/mol. The lowest BCUT2D eigenvalue weighted by Crippen LogP contribution is -2.49. The van der Waals surface area contributed by atoms with Crippen molar-refractivity contribution in [2.75, 3.05) is 70.4 Å². The first-order chi connectivity index (χ1) is 14.7. The van der Waals surface area contributed by atoms with E-state index < -0.39 is 0 Å². The average Bonchev–Trinajstić information content (AvgIpc) is 2.80. The van der Waals surface area contributed by atoms with Crippen LogP contribution in [0.2, 0.25) is 0 Å². The summed E-state index contributed by atoms with van der Waals surface area (Å²) < 4.78 is 5.23. The Labute approximate surface area is 202 Å². The molecule has 1 aromatic heterocycles. The summed E-state index contributed by atoms with van der Waals surface area (Å²) in [6, 6.07) is 1.84. The molecule has 1 aromatic rings. The number of hydrogen-bond acceptors (Lipinski definition) is 7. The van der Waals surface area contributed by atoms with Crippen molar-refractivity contribution in [1.82, 2.24) is 25.1 Å². The third kappa shape index (κ3) is 7.74. The van der Waals surface area contributed by atoms with E-state index in [0.29, 0.717) is 13.2 Å². The van der Waals surface area contributed by atoms with Gasteiger partial charge in [0.05, 0.1) is 19.1 Å². The van der Waals surface area contributed by atoms with Gasteiger partial charge in [-0.15, -0.1) is 24.0 Å². The van der Waals surface area contributed by atoms with Gasteiger partial charge in [-0.1, -0.05) is 0 Å². The van der Waals surface area contributed by atoms with Crippen molar-refractivity contribution in [3.63, 3.8) is 0 Å². The Bertz CT molecular complexity index is 684. The van der Waals surface area contributed by atoms with Gasteiger partial charge in [0.25, 0.3) is 0 Å². The van der Waals surface area contributed by atoms with Crippen LogP contribution in [0.25, 0.3) is 0 Å². The first kappa shape index (κ1) is 25.6. The second-order valence-corrected chi connectivity index (χ2v) is 7.65. The largest absolute Gasteiger partial charge is 0.466 e. The number of halogens is 1. The zero-order valence-corrected chi connectivity index (χ0v) is 21.0. The minimum atomic E-state index is -0.0849. The molecule has 10 heteroatoms. The van der Waals surface area contributed by atoms with Gasteiger partial charge in [0.1, 0.15) is 0 Å². The lowest BCUT2D eigenvalue weighted by molar-refractivity contribution is -0.149. The molecule has 2 aliphatic heterocycles. The molecular formula is C21H36IN7O2. The number of carbonyl (C=O) groups is 1. The van der Waals surface area contributed by atoms with Gasteiger partial charge in [-0.05, 0) is 32.8 Å². The summed E-state index contributed by atoms with van der Waals surface area (Å²) in [5.74, 6) is 1.57.